The third kappa shape index (κ3) is 2.04. The Labute approximate surface area is 94.3 Å². The van der Waals surface area contributed by atoms with E-state index in [1.54, 1.807) is 6.20 Å². The number of imidazole rings is 1. The first-order valence-electron chi connectivity index (χ1n) is 4.33. The molecular formula is C10H6ClF3N2. The van der Waals surface area contributed by atoms with E-state index in [9.17, 15) is 13.2 Å². The molecule has 0 bridgehead atoms. The molecule has 1 aromatic heterocycles. The molecule has 2 aromatic rings. The van der Waals surface area contributed by atoms with Gasteiger partial charge in [-0.05, 0) is 18.2 Å². The predicted molar refractivity (Wildman–Crippen MR) is 53.6 cm³/mol. The van der Waals surface area contributed by atoms with Crippen molar-refractivity contribution in [2.45, 2.75) is 6.18 Å². The molecule has 0 radical (unpaired) electrons. The molecule has 0 N–H and O–H groups in total. The summed E-state index contributed by atoms with van der Waals surface area (Å²) in [5, 5.41) is -0.309. The van der Waals surface area contributed by atoms with Crippen LogP contribution in [0.1, 0.15) is 5.56 Å². The summed E-state index contributed by atoms with van der Waals surface area (Å²) in [6.45, 7) is 0. The van der Waals surface area contributed by atoms with Gasteiger partial charge in [-0.3, -0.25) is 0 Å². The van der Waals surface area contributed by atoms with Crippen molar-refractivity contribution in [2.24, 2.45) is 0 Å². The van der Waals surface area contributed by atoms with E-state index in [1.807, 2.05) is 0 Å². The lowest BCUT2D eigenvalue weighted by molar-refractivity contribution is -0.137. The maximum Gasteiger partial charge on any atom is 0.417 e. The number of halogens is 4. The van der Waals surface area contributed by atoms with Gasteiger partial charge in [0.1, 0.15) is 0 Å². The summed E-state index contributed by atoms with van der Waals surface area (Å²) >= 11 is 5.50. The van der Waals surface area contributed by atoms with Gasteiger partial charge >= 0.3 is 6.18 Å². The highest BCUT2D eigenvalue weighted by atomic mass is 35.5. The second-order valence-electron chi connectivity index (χ2n) is 3.13. The average molecular weight is 247 g/mol. The smallest absolute Gasteiger partial charge is 0.306 e. The monoisotopic (exact) mass is 246 g/mol. The van der Waals surface area contributed by atoms with Crippen molar-refractivity contribution in [3.63, 3.8) is 0 Å². The lowest BCUT2D eigenvalue weighted by Crippen LogP contribution is -2.07. The number of benzene rings is 1. The van der Waals surface area contributed by atoms with Gasteiger partial charge in [-0.25, -0.2) is 4.98 Å². The summed E-state index contributed by atoms with van der Waals surface area (Å²) < 4.78 is 39.2. The standard InChI is InChI=1S/C10H6ClF3N2/c11-9-2-1-7(16-4-3-15-6-16)5-8(9)10(12,13)14/h1-6H. The van der Waals surface area contributed by atoms with Crippen LogP contribution in [0.4, 0.5) is 13.2 Å². The Morgan fingerprint density at radius 1 is 1.25 bits per heavy atom. The summed E-state index contributed by atoms with van der Waals surface area (Å²) in [5.74, 6) is 0. The molecule has 1 heterocycles. The molecule has 0 fully saturated rings. The van der Waals surface area contributed by atoms with E-state index >= 15 is 0 Å². The molecular weight excluding hydrogens is 241 g/mol. The lowest BCUT2D eigenvalue weighted by atomic mass is 10.2. The molecule has 0 amide bonds. The topological polar surface area (TPSA) is 17.8 Å². The van der Waals surface area contributed by atoms with E-state index in [-0.39, 0.29) is 5.02 Å². The molecule has 0 saturated carbocycles. The van der Waals surface area contributed by atoms with E-state index in [4.69, 9.17) is 11.6 Å². The van der Waals surface area contributed by atoms with Crippen LogP contribution >= 0.6 is 11.6 Å². The fraction of sp³-hybridized carbons (Fsp3) is 0.100. The highest BCUT2D eigenvalue weighted by Crippen LogP contribution is 2.35. The Morgan fingerprint density at radius 2 is 2.00 bits per heavy atom. The SMILES string of the molecule is FC(F)(F)c1cc(-n2ccnc2)ccc1Cl. The number of aromatic nitrogens is 2. The summed E-state index contributed by atoms with van der Waals surface area (Å²) in [6, 6.07) is 3.71. The van der Waals surface area contributed by atoms with Gasteiger partial charge in [-0.2, -0.15) is 13.2 Å². The second-order valence-corrected chi connectivity index (χ2v) is 3.54. The van der Waals surface area contributed by atoms with Crippen LogP contribution in [0.2, 0.25) is 5.02 Å². The highest BCUT2D eigenvalue weighted by molar-refractivity contribution is 6.31. The van der Waals surface area contributed by atoms with E-state index in [0.29, 0.717) is 5.69 Å². The molecule has 0 aliphatic rings. The van der Waals surface area contributed by atoms with Crippen molar-refractivity contribution in [2.75, 3.05) is 0 Å². The molecule has 2 nitrogen and oxygen atoms in total. The van der Waals surface area contributed by atoms with Gasteiger partial charge in [0.2, 0.25) is 0 Å². The fourth-order valence-electron chi connectivity index (χ4n) is 1.30. The van der Waals surface area contributed by atoms with Crippen molar-refractivity contribution in [3.05, 3.63) is 47.5 Å². The zero-order chi connectivity index (χ0) is 11.8. The van der Waals surface area contributed by atoms with Crippen LogP contribution in [0.3, 0.4) is 0 Å². The first-order chi connectivity index (χ1) is 7.48. The minimum atomic E-state index is -4.45. The number of hydrogen-bond acceptors (Lipinski definition) is 1. The van der Waals surface area contributed by atoms with Crippen LogP contribution in [0.25, 0.3) is 5.69 Å². The molecule has 0 saturated heterocycles. The molecule has 0 aliphatic heterocycles. The van der Waals surface area contributed by atoms with E-state index in [1.165, 1.54) is 29.2 Å². The first-order valence-corrected chi connectivity index (χ1v) is 4.71. The highest BCUT2D eigenvalue weighted by Gasteiger charge is 2.33. The van der Waals surface area contributed by atoms with E-state index in [0.717, 1.165) is 6.07 Å². The Hall–Kier alpha value is -1.49. The summed E-state index contributed by atoms with van der Waals surface area (Å²) in [5.41, 5.74) is -0.477. The maximum absolute atomic E-state index is 12.6. The maximum atomic E-state index is 12.6. The molecule has 0 unspecified atom stereocenters. The number of nitrogens with zero attached hydrogens (tertiary/aromatic N) is 2. The number of hydrogen-bond donors (Lipinski definition) is 0. The van der Waals surface area contributed by atoms with Gasteiger partial charge in [0.25, 0.3) is 0 Å². The van der Waals surface area contributed by atoms with Crippen LogP contribution in [0, 0.1) is 0 Å². The average Bonchev–Trinajstić information content (AvgIpc) is 2.69. The zero-order valence-electron chi connectivity index (χ0n) is 7.87. The summed E-state index contributed by atoms with van der Waals surface area (Å²) in [6.07, 6.45) is 0.0162. The van der Waals surface area contributed by atoms with Crippen molar-refractivity contribution in [3.8, 4) is 5.69 Å². The van der Waals surface area contributed by atoms with Gasteiger partial charge in [0.05, 0.1) is 16.9 Å². The Morgan fingerprint density at radius 3 is 2.56 bits per heavy atom. The molecule has 16 heavy (non-hydrogen) atoms. The molecule has 6 heteroatoms. The molecule has 84 valence electrons. The van der Waals surface area contributed by atoms with Gasteiger partial charge in [-0.15, -0.1) is 0 Å². The Kier molecular flexibility index (Phi) is 2.63. The first kappa shape index (κ1) is 11.0. The fourth-order valence-corrected chi connectivity index (χ4v) is 1.53. The van der Waals surface area contributed by atoms with Crippen molar-refractivity contribution >= 4 is 11.6 Å². The molecule has 0 aliphatic carbocycles. The third-order valence-corrected chi connectivity index (χ3v) is 2.39. The van der Waals surface area contributed by atoms with Crippen molar-refractivity contribution < 1.29 is 13.2 Å². The summed E-state index contributed by atoms with van der Waals surface area (Å²) in [7, 11) is 0. The van der Waals surface area contributed by atoms with Gasteiger partial charge in [-0.1, -0.05) is 11.6 Å². The van der Waals surface area contributed by atoms with Crippen molar-refractivity contribution in [1.82, 2.24) is 9.55 Å². The van der Waals surface area contributed by atoms with Crippen LogP contribution in [0.5, 0.6) is 0 Å². The minimum absolute atomic E-state index is 0.309. The normalized spacial score (nSPS) is 11.8. The predicted octanol–water partition coefficient (Wildman–Crippen LogP) is 3.54. The largest absolute Gasteiger partial charge is 0.417 e. The zero-order valence-corrected chi connectivity index (χ0v) is 8.63. The minimum Gasteiger partial charge on any atom is -0.306 e. The van der Waals surface area contributed by atoms with E-state index < -0.39 is 11.7 Å². The number of alkyl halides is 3. The van der Waals surface area contributed by atoms with E-state index in [2.05, 4.69) is 4.98 Å². The van der Waals surface area contributed by atoms with Crippen LogP contribution in [-0.4, -0.2) is 9.55 Å². The van der Waals surface area contributed by atoms with Crippen LogP contribution in [-0.2, 0) is 6.18 Å². The third-order valence-electron chi connectivity index (χ3n) is 2.06. The van der Waals surface area contributed by atoms with Gasteiger partial charge in [0.15, 0.2) is 0 Å². The van der Waals surface area contributed by atoms with Crippen LogP contribution in [0.15, 0.2) is 36.9 Å². The van der Waals surface area contributed by atoms with Crippen molar-refractivity contribution in [1.29, 1.82) is 0 Å². The van der Waals surface area contributed by atoms with Gasteiger partial charge in [0, 0.05) is 18.1 Å². The lowest BCUT2D eigenvalue weighted by Gasteiger charge is -2.11. The second kappa shape index (κ2) is 3.83. The Bertz CT molecular complexity index is 491. The van der Waals surface area contributed by atoms with Crippen LogP contribution < -0.4 is 0 Å². The summed E-state index contributed by atoms with van der Waals surface area (Å²) in [4.78, 5) is 3.76. The molecule has 2 rings (SSSR count). The number of rotatable bonds is 1. The van der Waals surface area contributed by atoms with Gasteiger partial charge < -0.3 is 4.57 Å². The molecule has 1 aromatic carbocycles. The molecule has 0 atom stereocenters. The quantitative estimate of drug-likeness (QED) is 0.752. The molecule has 0 spiro atoms. The Balaban J connectivity index is 2.52.